The molecule has 4 rings (SSSR count). The number of morpholine rings is 1. The van der Waals surface area contributed by atoms with Crippen molar-refractivity contribution in [3.63, 3.8) is 0 Å². The zero-order valence-electron chi connectivity index (χ0n) is 15.9. The molecule has 27 heavy (non-hydrogen) atoms. The van der Waals surface area contributed by atoms with Gasteiger partial charge in [0, 0.05) is 31.1 Å². The van der Waals surface area contributed by atoms with Gasteiger partial charge < -0.3 is 14.5 Å². The van der Waals surface area contributed by atoms with Crippen molar-refractivity contribution in [2.24, 2.45) is 0 Å². The molecular formula is C20H28Cl2N2O3. The highest BCUT2D eigenvalue weighted by Crippen LogP contribution is 2.29. The molecule has 2 aliphatic heterocycles. The van der Waals surface area contributed by atoms with E-state index in [4.69, 9.17) is 9.15 Å². The van der Waals surface area contributed by atoms with Gasteiger partial charge in [-0.3, -0.25) is 4.90 Å². The van der Waals surface area contributed by atoms with Crippen LogP contribution in [0.2, 0.25) is 0 Å². The number of fused-ring (bicyclic) bond motifs is 1. The number of halogens is 2. The van der Waals surface area contributed by atoms with Crippen LogP contribution in [-0.4, -0.2) is 43.3 Å². The zero-order chi connectivity index (χ0) is 17.4. The molecule has 2 aromatic rings. The van der Waals surface area contributed by atoms with Crippen LogP contribution in [0.25, 0.3) is 11.0 Å². The lowest BCUT2D eigenvalue weighted by Gasteiger charge is -2.45. The van der Waals surface area contributed by atoms with Gasteiger partial charge in [-0.05, 0) is 62.5 Å². The Kier molecular flexibility index (Phi) is 7.33. The first-order valence-electron chi connectivity index (χ1n) is 9.16. The molecule has 3 heterocycles. The van der Waals surface area contributed by atoms with E-state index in [0.717, 1.165) is 74.3 Å². The van der Waals surface area contributed by atoms with Crippen molar-refractivity contribution in [3.8, 4) is 0 Å². The molecule has 5 nitrogen and oxygen atoms in total. The molecule has 0 amide bonds. The number of nitrogens with zero attached hydrogens (tertiary/aromatic N) is 1. The second-order valence-electron chi connectivity index (χ2n) is 7.54. The first-order valence-corrected chi connectivity index (χ1v) is 9.16. The summed E-state index contributed by atoms with van der Waals surface area (Å²) >= 11 is 0. The minimum absolute atomic E-state index is 0. The fraction of sp³-hybridized carbons (Fsp3) is 0.550. The van der Waals surface area contributed by atoms with Gasteiger partial charge >= 0.3 is 5.63 Å². The molecule has 0 aliphatic carbocycles. The van der Waals surface area contributed by atoms with Crippen LogP contribution in [-0.2, 0) is 11.3 Å². The molecule has 0 unspecified atom stereocenters. The molecule has 7 heteroatoms. The Hall–Kier alpha value is -1.11. The van der Waals surface area contributed by atoms with Crippen LogP contribution >= 0.6 is 24.8 Å². The fourth-order valence-electron chi connectivity index (χ4n) is 4.29. The Morgan fingerprint density at radius 1 is 1.15 bits per heavy atom. The maximum atomic E-state index is 12.1. The Bertz CT molecular complexity index is 841. The lowest BCUT2D eigenvalue weighted by molar-refractivity contribution is -0.125. The first kappa shape index (κ1) is 22.2. The van der Waals surface area contributed by atoms with Crippen LogP contribution in [0.5, 0.6) is 0 Å². The molecule has 0 atom stereocenters. The summed E-state index contributed by atoms with van der Waals surface area (Å²) in [6.45, 7) is 9.49. The maximum Gasteiger partial charge on any atom is 0.336 e. The number of rotatable bonds is 2. The summed E-state index contributed by atoms with van der Waals surface area (Å²) in [5.74, 6) is 0. The maximum absolute atomic E-state index is 12.1. The van der Waals surface area contributed by atoms with E-state index in [9.17, 15) is 4.79 Å². The van der Waals surface area contributed by atoms with E-state index in [1.165, 1.54) is 5.56 Å². The highest BCUT2D eigenvalue weighted by atomic mass is 35.5. The Labute approximate surface area is 172 Å². The second-order valence-corrected chi connectivity index (χ2v) is 7.54. The third-order valence-electron chi connectivity index (χ3n) is 5.50. The molecule has 1 aromatic carbocycles. The average Bonchev–Trinajstić information content (AvgIpc) is 2.57. The predicted octanol–water partition coefficient (Wildman–Crippen LogP) is 3.21. The van der Waals surface area contributed by atoms with Gasteiger partial charge in [0.1, 0.15) is 5.58 Å². The van der Waals surface area contributed by atoms with E-state index in [2.05, 4.69) is 29.3 Å². The van der Waals surface area contributed by atoms with Gasteiger partial charge in [0.25, 0.3) is 0 Å². The fourth-order valence-corrected chi connectivity index (χ4v) is 4.29. The van der Waals surface area contributed by atoms with Gasteiger partial charge in [0.2, 0.25) is 0 Å². The number of aryl methyl sites for hydroxylation is 2. The van der Waals surface area contributed by atoms with Crippen molar-refractivity contribution >= 4 is 35.8 Å². The van der Waals surface area contributed by atoms with E-state index in [1.54, 1.807) is 6.07 Å². The van der Waals surface area contributed by atoms with Crippen molar-refractivity contribution in [3.05, 3.63) is 45.3 Å². The number of nitrogens with one attached hydrogen (secondary N) is 1. The molecule has 1 spiro atoms. The predicted molar refractivity (Wildman–Crippen MR) is 113 cm³/mol. The van der Waals surface area contributed by atoms with Crippen molar-refractivity contribution in [1.82, 2.24) is 10.2 Å². The molecule has 150 valence electrons. The lowest BCUT2D eigenvalue weighted by Crippen LogP contribution is -2.55. The molecule has 2 fully saturated rings. The third-order valence-corrected chi connectivity index (χ3v) is 5.50. The SMILES string of the molecule is Cc1cc(C)c2oc(=O)cc(CN3CCOC4(CCNCC4)C3)c2c1.Cl.Cl. The molecule has 1 N–H and O–H groups in total. The summed E-state index contributed by atoms with van der Waals surface area (Å²) in [6, 6.07) is 5.85. The Morgan fingerprint density at radius 3 is 2.63 bits per heavy atom. The van der Waals surface area contributed by atoms with Gasteiger partial charge in [0.15, 0.2) is 0 Å². The molecular weight excluding hydrogens is 387 g/mol. The Morgan fingerprint density at radius 2 is 1.89 bits per heavy atom. The molecule has 2 saturated heterocycles. The van der Waals surface area contributed by atoms with Crippen molar-refractivity contribution in [2.75, 3.05) is 32.8 Å². The number of piperidine rings is 1. The summed E-state index contributed by atoms with van der Waals surface area (Å²) in [5, 5.41) is 4.47. The smallest absolute Gasteiger partial charge is 0.336 e. The van der Waals surface area contributed by atoms with E-state index in [1.807, 2.05) is 6.92 Å². The number of benzene rings is 1. The van der Waals surface area contributed by atoms with E-state index < -0.39 is 0 Å². The highest BCUT2D eigenvalue weighted by Gasteiger charge is 2.37. The molecule has 1 aromatic heterocycles. The molecule has 0 radical (unpaired) electrons. The van der Waals surface area contributed by atoms with Gasteiger partial charge in [-0.15, -0.1) is 24.8 Å². The highest BCUT2D eigenvalue weighted by molar-refractivity contribution is 5.85. The Balaban J connectivity index is 0.00000131. The molecule has 2 aliphatic rings. The quantitative estimate of drug-likeness (QED) is 0.764. The van der Waals surface area contributed by atoms with Gasteiger partial charge in [-0.2, -0.15) is 0 Å². The lowest BCUT2D eigenvalue weighted by atomic mass is 9.90. The van der Waals surface area contributed by atoms with Crippen LogP contribution in [0.1, 0.15) is 29.5 Å². The van der Waals surface area contributed by atoms with Crippen molar-refractivity contribution < 1.29 is 9.15 Å². The van der Waals surface area contributed by atoms with E-state index >= 15 is 0 Å². The van der Waals surface area contributed by atoms with Crippen LogP contribution in [0, 0.1) is 13.8 Å². The monoisotopic (exact) mass is 414 g/mol. The summed E-state index contributed by atoms with van der Waals surface area (Å²) in [6.07, 6.45) is 2.11. The minimum Gasteiger partial charge on any atom is -0.422 e. The van der Waals surface area contributed by atoms with Gasteiger partial charge in [0.05, 0.1) is 12.2 Å². The summed E-state index contributed by atoms with van der Waals surface area (Å²) < 4.78 is 11.6. The van der Waals surface area contributed by atoms with Crippen LogP contribution < -0.4 is 10.9 Å². The van der Waals surface area contributed by atoms with Crippen LogP contribution in [0.4, 0.5) is 0 Å². The zero-order valence-corrected chi connectivity index (χ0v) is 17.5. The topological polar surface area (TPSA) is 54.7 Å². The average molecular weight is 415 g/mol. The standard InChI is InChI=1S/C20H26N2O3.2ClH/c1-14-9-15(2)19-17(10-14)16(11-18(23)25-19)12-22-7-8-24-20(13-22)3-5-21-6-4-20;;/h9-11,21H,3-8,12-13H2,1-2H3;2*1H. The van der Waals surface area contributed by atoms with Crippen LogP contribution in [0.3, 0.4) is 0 Å². The second kappa shape index (κ2) is 8.93. The van der Waals surface area contributed by atoms with Gasteiger partial charge in [-0.25, -0.2) is 4.79 Å². The number of hydrogen-bond donors (Lipinski definition) is 1. The third kappa shape index (κ3) is 4.66. The largest absolute Gasteiger partial charge is 0.422 e. The minimum atomic E-state index is -0.265. The summed E-state index contributed by atoms with van der Waals surface area (Å²) in [5.41, 5.74) is 3.70. The number of ether oxygens (including phenoxy) is 1. The van der Waals surface area contributed by atoms with Crippen molar-refractivity contribution in [2.45, 2.75) is 38.8 Å². The summed E-state index contributed by atoms with van der Waals surface area (Å²) in [7, 11) is 0. The van der Waals surface area contributed by atoms with E-state index in [-0.39, 0.29) is 36.0 Å². The number of hydrogen-bond acceptors (Lipinski definition) is 5. The molecule has 0 bridgehead atoms. The van der Waals surface area contributed by atoms with Crippen LogP contribution in [0.15, 0.2) is 27.4 Å². The normalized spacial score (nSPS) is 19.5. The van der Waals surface area contributed by atoms with Gasteiger partial charge in [-0.1, -0.05) is 6.07 Å². The molecule has 0 saturated carbocycles. The van der Waals surface area contributed by atoms with E-state index in [0.29, 0.717) is 0 Å². The summed E-state index contributed by atoms with van der Waals surface area (Å²) in [4.78, 5) is 14.5. The first-order chi connectivity index (χ1) is 12.0. The van der Waals surface area contributed by atoms with Crippen molar-refractivity contribution in [1.29, 1.82) is 0 Å².